The van der Waals surface area contributed by atoms with Crippen LogP contribution >= 0.6 is 0 Å². The van der Waals surface area contributed by atoms with Gasteiger partial charge in [0.25, 0.3) is 5.91 Å². The van der Waals surface area contributed by atoms with Gasteiger partial charge in [-0.15, -0.1) is 0 Å². The van der Waals surface area contributed by atoms with E-state index in [0.29, 0.717) is 22.9 Å². The van der Waals surface area contributed by atoms with Crippen LogP contribution in [0.2, 0.25) is 0 Å². The number of nitrogens with one attached hydrogen (secondary N) is 1. The Labute approximate surface area is 96.0 Å². The van der Waals surface area contributed by atoms with Crippen LogP contribution in [0.4, 0.5) is 11.4 Å². The van der Waals surface area contributed by atoms with Gasteiger partial charge in [-0.2, -0.15) is 0 Å². The highest BCUT2D eigenvalue weighted by atomic mass is 16.1. The molecule has 0 heterocycles. The molecule has 4 nitrogen and oxygen atoms in total. The van der Waals surface area contributed by atoms with E-state index in [-0.39, 0.29) is 11.9 Å². The average molecular weight is 221 g/mol. The van der Waals surface area contributed by atoms with Gasteiger partial charge in [0.05, 0.1) is 5.56 Å². The zero-order valence-electron chi connectivity index (χ0n) is 9.95. The molecule has 1 unspecified atom stereocenters. The van der Waals surface area contributed by atoms with Gasteiger partial charge in [0, 0.05) is 17.4 Å². The van der Waals surface area contributed by atoms with Crippen LogP contribution < -0.4 is 16.8 Å². The molecular weight excluding hydrogens is 202 g/mol. The summed E-state index contributed by atoms with van der Waals surface area (Å²) in [6, 6.07) is 5.03. The van der Waals surface area contributed by atoms with Gasteiger partial charge in [-0.25, -0.2) is 0 Å². The number of carbonyl (C=O) groups excluding carboxylic acids is 1. The molecule has 0 saturated heterocycles. The number of carbonyl (C=O) groups is 1. The fourth-order valence-corrected chi connectivity index (χ4v) is 1.24. The molecule has 0 spiro atoms. The second kappa shape index (κ2) is 4.88. The van der Waals surface area contributed by atoms with Crippen molar-refractivity contribution >= 4 is 17.3 Å². The first kappa shape index (κ1) is 12.4. The average Bonchev–Trinajstić information content (AvgIpc) is 2.16. The Kier molecular flexibility index (Phi) is 3.77. The molecule has 5 N–H and O–H groups in total. The largest absolute Gasteiger partial charge is 0.399 e. The van der Waals surface area contributed by atoms with Crippen molar-refractivity contribution in [1.82, 2.24) is 5.32 Å². The van der Waals surface area contributed by atoms with E-state index >= 15 is 0 Å². The van der Waals surface area contributed by atoms with Gasteiger partial charge in [-0.3, -0.25) is 4.79 Å². The summed E-state index contributed by atoms with van der Waals surface area (Å²) < 4.78 is 0. The molecule has 0 aliphatic carbocycles. The molecule has 1 rings (SSSR count). The minimum Gasteiger partial charge on any atom is -0.399 e. The standard InChI is InChI=1S/C12H19N3O/c1-7(2)8(3)15-12(16)10-5-4-9(13)6-11(10)14/h4-8H,13-14H2,1-3H3,(H,15,16). The Balaban J connectivity index is 2.81. The van der Waals surface area contributed by atoms with E-state index < -0.39 is 0 Å². The van der Waals surface area contributed by atoms with Crippen molar-refractivity contribution < 1.29 is 4.79 Å². The third-order valence-electron chi connectivity index (χ3n) is 2.68. The van der Waals surface area contributed by atoms with Crippen molar-refractivity contribution in [1.29, 1.82) is 0 Å². The number of benzene rings is 1. The predicted molar refractivity (Wildman–Crippen MR) is 67.0 cm³/mol. The van der Waals surface area contributed by atoms with Crippen LogP contribution in [-0.4, -0.2) is 11.9 Å². The molecule has 0 bridgehead atoms. The van der Waals surface area contributed by atoms with Crippen LogP contribution in [0.3, 0.4) is 0 Å². The van der Waals surface area contributed by atoms with Crippen molar-refractivity contribution in [3.05, 3.63) is 23.8 Å². The van der Waals surface area contributed by atoms with Crippen LogP contribution in [0.15, 0.2) is 18.2 Å². The first-order chi connectivity index (χ1) is 7.41. The number of nitrogen functional groups attached to an aromatic ring is 2. The Morgan fingerprint density at radius 1 is 1.25 bits per heavy atom. The SMILES string of the molecule is CC(C)C(C)NC(=O)c1ccc(N)cc1N. The number of hydrogen-bond donors (Lipinski definition) is 3. The molecule has 16 heavy (non-hydrogen) atoms. The number of anilines is 2. The lowest BCUT2D eigenvalue weighted by atomic mass is 10.1. The van der Waals surface area contributed by atoms with E-state index in [4.69, 9.17) is 11.5 Å². The highest BCUT2D eigenvalue weighted by Crippen LogP contribution is 2.16. The van der Waals surface area contributed by atoms with Crippen molar-refractivity contribution in [2.75, 3.05) is 11.5 Å². The zero-order chi connectivity index (χ0) is 12.3. The van der Waals surface area contributed by atoms with Gasteiger partial charge in [0.1, 0.15) is 0 Å². The van der Waals surface area contributed by atoms with Gasteiger partial charge in [-0.1, -0.05) is 13.8 Å². The molecule has 0 saturated carbocycles. The molecule has 0 aliphatic heterocycles. The highest BCUT2D eigenvalue weighted by molar-refractivity contribution is 5.99. The van der Waals surface area contributed by atoms with Gasteiger partial charge in [-0.05, 0) is 31.0 Å². The maximum Gasteiger partial charge on any atom is 0.253 e. The zero-order valence-corrected chi connectivity index (χ0v) is 9.95. The maximum absolute atomic E-state index is 11.9. The molecule has 0 fully saturated rings. The number of rotatable bonds is 3. The van der Waals surface area contributed by atoms with Gasteiger partial charge < -0.3 is 16.8 Å². The van der Waals surface area contributed by atoms with E-state index in [1.165, 1.54) is 0 Å². The van der Waals surface area contributed by atoms with E-state index in [2.05, 4.69) is 19.2 Å². The summed E-state index contributed by atoms with van der Waals surface area (Å²) in [4.78, 5) is 11.9. The van der Waals surface area contributed by atoms with Crippen molar-refractivity contribution in [3.63, 3.8) is 0 Å². The summed E-state index contributed by atoms with van der Waals surface area (Å²) in [7, 11) is 0. The summed E-state index contributed by atoms with van der Waals surface area (Å²) >= 11 is 0. The van der Waals surface area contributed by atoms with Crippen molar-refractivity contribution in [2.24, 2.45) is 5.92 Å². The second-order valence-corrected chi connectivity index (χ2v) is 4.35. The second-order valence-electron chi connectivity index (χ2n) is 4.35. The summed E-state index contributed by atoms with van der Waals surface area (Å²) in [6.45, 7) is 6.07. The summed E-state index contributed by atoms with van der Waals surface area (Å²) in [5.41, 5.74) is 12.7. The third kappa shape index (κ3) is 2.89. The molecule has 1 atom stereocenters. The molecular formula is C12H19N3O. The quantitative estimate of drug-likeness (QED) is 0.678. The summed E-state index contributed by atoms with van der Waals surface area (Å²) in [6.07, 6.45) is 0. The fraction of sp³-hybridized carbons (Fsp3) is 0.417. The Bertz CT molecular complexity index is 388. The van der Waals surface area contributed by atoms with Crippen LogP contribution in [0, 0.1) is 5.92 Å². The molecule has 1 aromatic rings. The Morgan fingerprint density at radius 2 is 1.88 bits per heavy atom. The lowest BCUT2D eigenvalue weighted by Crippen LogP contribution is -2.36. The molecule has 1 aromatic carbocycles. The third-order valence-corrected chi connectivity index (χ3v) is 2.68. The number of amides is 1. The number of nitrogens with two attached hydrogens (primary N) is 2. The Hall–Kier alpha value is -1.71. The molecule has 1 amide bonds. The monoisotopic (exact) mass is 221 g/mol. The maximum atomic E-state index is 11.9. The lowest BCUT2D eigenvalue weighted by Gasteiger charge is -2.18. The van der Waals surface area contributed by atoms with Gasteiger partial charge >= 0.3 is 0 Å². The van der Waals surface area contributed by atoms with E-state index in [1.54, 1.807) is 18.2 Å². The molecule has 4 heteroatoms. The molecule has 0 radical (unpaired) electrons. The fourth-order valence-electron chi connectivity index (χ4n) is 1.24. The molecule has 0 aromatic heterocycles. The molecule has 88 valence electrons. The Morgan fingerprint density at radius 3 is 2.38 bits per heavy atom. The van der Waals surface area contributed by atoms with E-state index in [0.717, 1.165) is 0 Å². The highest BCUT2D eigenvalue weighted by Gasteiger charge is 2.14. The minimum absolute atomic E-state index is 0.115. The normalized spacial score (nSPS) is 12.5. The predicted octanol–water partition coefficient (Wildman–Crippen LogP) is 1.63. The number of hydrogen-bond acceptors (Lipinski definition) is 3. The smallest absolute Gasteiger partial charge is 0.253 e. The van der Waals surface area contributed by atoms with E-state index in [9.17, 15) is 4.79 Å². The first-order valence-electron chi connectivity index (χ1n) is 5.37. The summed E-state index contributed by atoms with van der Waals surface area (Å²) in [5, 5.41) is 2.90. The lowest BCUT2D eigenvalue weighted by molar-refractivity contribution is 0.0931. The van der Waals surface area contributed by atoms with Gasteiger partial charge in [0.15, 0.2) is 0 Å². The van der Waals surface area contributed by atoms with Crippen LogP contribution in [0.25, 0.3) is 0 Å². The van der Waals surface area contributed by atoms with E-state index in [1.807, 2.05) is 6.92 Å². The van der Waals surface area contributed by atoms with Crippen LogP contribution in [0.1, 0.15) is 31.1 Å². The van der Waals surface area contributed by atoms with Crippen molar-refractivity contribution in [2.45, 2.75) is 26.8 Å². The van der Waals surface area contributed by atoms with Crippen LogP contribution in [0.5, 0.6) is 0 Å². The topological polar surface area (TPSA) is 81.1 Å². The minimum atomic E-state index is -0.154. The first-order valence-corrected chi connectivity index (χ1v) is 5.37. The molecule has 0 aliphatic rings. The van der Waals surface area contributed by atoms with Crippen molar-refractivity contribution in [3.8, 4) is 0 Å². The van der Waals surface area contributed by atoms with Crippen LogP contribution in [-0.2, 0) is 0 Å². The summed E-state index contributed by atoms with van der Waals surface area (Å²) in [5.74, 6) is 0.234. The van der Waals surface area contributed by atoms with Gasteiger partial charge in [0.2, 0.25) is 0 Å².